The molecule has 1 aromatic heterocycles. The zero-order chi connectivity index (χ0) is 14.6. The summed E-state index contributed by atoms with van der Waals surface area (Å²) in [5, 5.41) is 3.09. The lowest BCUT2D eigenvalue weighted by Gasteiger charge is -2.35. The van der Waals surface area contributed by atoms with Gasteiger partial charge in [-0.1, -0.05) is 20.8 Å². The molecule has 1 N–H and O–H groups in total. The first-order chi connectivity index (χ1) is 8.79. The van der Waals surface area contributed by atoms with Gasteiger partial charge in [-0.2, -0.15) is 15.0 Å². The molecule has 1 aromatic rings. The Morgan fingerprint density at radius 3 is 2.37 bits per heavy atom. The Labute approximate surface area is 115 Å². The topological polar surface area (TPSA) is 63.2 Å². The zero-order valence-electron chi connectivity index (χ0n) is 13.0. The smallest absolute Gasteiger partial charge is 0.322 e. The third kappa shape index (κ3) is 3.94. The lowest BCUT2D eigenvalue weighted by molar-refractivity contribution is 0.325. The molecular weight excluding hydrogens is 242 g/mol. The summed E-state index contributed by atoms with van der Waals surface area (Å²) in [5.74, 6) is 1.16. The molecule has 1 heterocycles. The Hall–Kier alpha value is -1.59. The molecule has 0 aliphatic heterocycles. The summed E-state index contributed by atoms with van der Waals surface area (Å²) >= 11 is 0. The molecule has 0 aliphatic rings. The third-order valence-corrected chi connectivity index (χ3v) is 3.27. The summed E-state index contributed by atoms with van der Waals surface area (Å²) in [6, 6.07) is 0.614. The predicted octanol–water partition coefficient (Wildman–Crippen LogP) is 2.18. The van der Waals surface area contributed by atoms with Gasteiger partial charge in [0.25, 0.3) is 0 Å². The molecule has 0 amide bonds. The van der Waals surface area contributed by atoms with Gasteiger partial charge in [0.05, 0.1) is 7.11 Å². The van der Waals surface area contributed by atoms with Gasteiger partial charge in [-0.05, 0) is 19.3 Å². The van der Waals surface area contributed by atoms with Crippen LogP contribution in [0.2, 0.25) is 0 Å². The van der Waals surface area contributed by atoms with Gasteiger partial charge in [0.2, 0.25) is 11.9 Å². The molecule has 6 heteroatoms. The van der Waals surface area contributed by atoms with Crippen LogP contribution in [0.4, 0.5) is 11.9 Å². The van der Waals surface area contributed by atoms with Crippen LogP contribution in [0, 0.1) is 5.41 Å². The maximum atomic E-state index is 5.13. The second kappa shape index (κ2) is 6.04. The van der Waals surface area contributed by atoms with E-state index in [1.54, 1.807) is 7.11 Å². The predicted molar refractivity (Wildman–Crippen MR) is 77.9 cm³/mol. The Morgan fingerprint density at radius 2 is 1.89 bits per heavy atom. The molecule has 1 rings (SSSR count). The van der Waals surface area contributed by atoms with Crippen LogP contribution < -0.4 is 15.0 Å². The van der Waals surface area contributed by atoms with Gasteiger partial charge in [0.15, 0.2) is 0 Å². The molecule has 0 bridgehead atoms. The van der Waals surface area contributed by atoms with E-state index in [0.29, 0.717) is 17.9 Å². The Balaban J connectivity index is 3.07. The number of nitrogens with zero attached hydrogens (tertiary/aromatic N) is 4. The number of anilines is 2. The first kappa shape index (κ1) is 15.5. The van der Waals surface area contributed by atoms with Crippen molar-refractivity contribution in [2.45, 2.75) is 40.7 Å². The normalized spacial score (nSPS) is 13.0. The lowest BCUT2D eigenvalue weighted by Crippen LogP contribution is -2.40. The minimum atomic E-state index is 0.132. The van der Waals surface area contributed by atoms with Crippen LogP contribution in [0.3, 0.4) is 0 Å². The van der Waals surface area contributed by atoms with E-state index < -0.39 is 0 Å². The number of nitrogens with one attached hydrogen (secondary N) is 1. The van der Waals surface area contributed by atoms with Crippen LogP contribution in [0.25, 0.3) is 0 Å². The maximum absolute atomic E-state index is 5.13. The molecule has 108 valence electrons. The highest BCUT2D eigenvalue weighted by Gasteiger charge is 2.26. The van der Waals surface area contributed by atoms with Crippen molar-refractivity contribution in [3.8, 4) is 6.01 Å². The quantitative estimate of drug-likeness (QED) is 0.882. The van der Waals surface area contributed by atoms with Crippen molar-refractivity contribution in [2.75, 3.05) is 30.9 Å². The van der Waals surface area contributed by atoms with Crippen LogP contribution in [0.15, 0.2) is 0 Å². The molecule has 0 aliphatic carbocycles. The highest BCUT2D eigenvalue weighted by Crippen LogP contribution is 2.26. The van der Waals surface area contributed by atoms with E-state index in [1.807, 2.05) is 18.9 Å². The third-order valence-electron chi connectivity index (χ3n) is 3.27. The van der Waals surface area contributed by atoms with Crippen LogP contribution >= 0.6 is 0 Å². The molecule has 1 atom stereocenters. The molecule has 0 saturated heterocycles. The highest BCUT2D eigenvalue weighted by atomic mass is 16.5. The fraction of sp³-hybridized carbons (Fsp3) is 0.769. The van der Waals surface area contributed by atoms with Gasteiger partial charge in [-0.25, -0.2) is 0 Å². The van der Waals surface area contributed by atoms with Crippen LogP contribution in [0.1, 0.15) is 34.6 Å². The average Bonchev–Trinajstić information content (AvgIpc) is 2.35. The molecule has 6 nitrogen and oxygen atoms in total. The molecular formula is C13H25N5O. The van der Waals surface area contributed by atoms with Crippen molar-refractivity contribution in [3.05, 3.63) is 0 Å². The lowest BCUT2D eigenvalue weighted by atomic mass is 9.87. The van der Waals surface area contributed by atoms with E-state index >= 15 is 0 Å². The molecule has 0 radical (unpaired) electrons. The van der Waals surface area contributed by atoms with E-state index in [9.17, 15) is 0 Å². The minimum absolute atomic E-state index is 0.132. The van der Waals surface area contributed by atoms with Crippen molar-refractivity contribution >= 4 is 11.9 Å². The molecule has 1 unspecified atom stereocenters. The summed E-state index contributed by atoms with van der Waals surface area (Å²) in [6.07, 6.45) is 0. The first-order valence-corrected chi connectivity index (χ1v) is 6.56. The van der Waals surface area contributed by atoms with Crippen molar-refractivity contribution in [1.29, 1.82) is 0 Å². The number of methoxy groups -OCH3 is 1. The van der Waals surface area contributed by atoms with Crippen LogP contribution in [-0.4, -0.2) is 41.7 Å². The van der Waals surface area contributed by atoms with Crippen molar-refractivity contribution in [2.24, 2.45) is 5.41 Å². The largest absolute Gasteiger partial charge is 0.467 e. The number of rotatable bonds is 5. The maximum Gasteiger partial charge on any atom is 0.322 e. The molecule has 0 saturated carbocycles. The Bertz CT molecular complexity index is 416. The fourth-order valence-electron chi connectivity index (χ4n) is 1.59. The second-order valence-electron chi connectivity index (χ2n) is 5.63. The Morgan fingerprint density at radius 1 is 1.26 bits per heavy atom. The van der Waals surface area contributed by atoms with Crippen molar-refractivity contribution in [3.63, 3.8) is 0 Å². The molecule has 0 fully saturated rings. The number of ether oxygens (including phenoxy) is 1. The summed E-state index contributed by atoms with van der Waals surface area (Å²) in [5.41, 5.74) is 0.132. The zero-order valence-corrected chi connectivity index (χ0v) is 13.0. The number of hydrogen-bond donors (Lipinski definition) is 1. The average molecular weight is 267 g/mol. The number of aromatic nitrogens is 3. The fourth-order valence-corrected chi connectivity index (χ4v) is 1.59. The highest BCUT2D eigenvalue weighted by molar-refractivity contribution is 5.38. The monoisotopic (exact) mass is 267 g/mol. The molecule has 19 heavy (non-hydrogen) atoms. The van der Waals surface area contributed by atoms with Gasteiger partial charge in [0.1, 0.15) is 0 Å². The second-order valence-corrected chi connectivity index (χ2v) is 5.63. The van der Waals surface area contributed by atoms with E-state index in [-0.39, 0.29) is 11.5 Å². The van der Waals surface area contributed by atoms with Gasteiger partial charge in [0, 0.05) is 19.6 Å². The Kier molecular flexibility index (Phi) is 4.91. The van der Waals surface area contributed by atoms with Crippen LogP contribution in [-0.2, 0) is 0 Å². The van der Waals surface area contributed by atoms with E-state index in [2.05, 4.69) is 48.0 Å². The van der Waals surface area contributed by atoms with E-state index in [4.69, 9.17) is 4.74 Å². The number of hydrogen-bond acceptors (Lipinski definition) is 6. The van der Waals surface area contributed by atoms with E-state index in [0.717, 1.165) is 6.54 Å². The van der Waals surface area contributed by atoms with Gasteiger partial charge in [-0.3, -0.25) is 0 Å². The summed E-state index contributed by atoms with van der Waals surface area (Å²) < 4.78 is 5.13. The summed E-state index contributed by atoms with van der Waals surface area (Å²) in [7, 11) is 3.54. The van der Waals surface area contributed by atoms with E-state index in [1.165, 1.54) is 0 Å². The summed E-state index contributed by atoms with van der Waals surface area (Å²) in [4.78, 5) is 14.9. The van der Waals surface area contributed by atoms with Crippen molar-refractivity contribution in [1.82, 2.24) is 15.0 Å². The standard InChI is InChI=1S/C13H25N5O/c1-8-14-10-15-11(17-12(16-10)19-7)18(6)9(2)13(3,4)5/h9H,8H2,1-7H3,(H,14,15,16,17). The molecule has 0 aromatic carbocycles. The minimum Gasteiger partial charge on any atom is -0.467 e. The first-order valence-electron chi connectivity index (χ1n) is 6.56. The summed E-state index contributed by atoms with van der Waals surface area (Å²) in [6.45, 7) is 11.5. The van der Waals surface area contributed by atoms with Gasteiger partial charge in [-0.15, -0.1) is 0 Å². The van der Waals surface area contributed by atoms with Crippen LogP contribution in [0.5, 0.6) is 6.01 Å². The SMILES string of the molecule is CCNc1nc(OC)nc(N(C)C(C)C(C)(C)C)n1. The van der Waals surface area contributed by atoms with Gasteiger partial charge < -0.3 is 15.0 Å². The van der Waals surface area contributed by atoms with Crippen molar-refractivity contribution < 1.29 is 4.74 Å². The van der Waals surface area contributed by atoms with Gasteiger partial charge >= 0.3 is 6.01 Å². The molecule has 0 spiro atoms.